The van der Waals surface area contributed by atoms with Gasteiger partial charge in [0.1, 0.15) is 0 Å². The van der Waals surface area contributed by atoms with E-state index in [-0.39, 0.29) is 0 Å². The van der Waals surface area contributed by atoms with Crippen LogP contribution in [0.4, 0.5) is 13.2 Å². The van der Waals surface area contributed by atoms with Crippen molar-refractivity contribution >= 4 is 11.1 Å². The number of hydrogen-bond acceptors (Lipinski definition) is 0. The Morgan fingerprint density at radius 3 is 1.60 bits per heavy atom. The summed E-state index contributed by atoms with van der Waals surface area (Å²) >= 11 is 0. The molecule has 1 aliphatic carbocycles. The zero-order chi connectivity index (χ0) is 14.2. The first-order valence-corrected chi connectivity index (χ1v) is 6.51. The second kappa shape index (κ2) is 4.82. The van der Waals surface area contributed by atoms with Crippen molar-refractivity contribution in [2.75, 3.05) is 0 Å². The molecule has 3 rings (SSSR count). The van der Waals surface area contributed by atoms with Crippen LogP contribution in [0.5, 0.6) is 0 Å². The van der Waals surface area contributed by atoms with Gasteiger partial charge in [0.25, 0.3) is 0 Å². The second-order valence-electron chi connectivity index (χ2n) is 4.90. The molecule has 0 fully saturated rings. The van der Waals surface area contributed by atoms with Crippen LogP contribution in [-0.2, 0) is 6.18 Å². The summed E-state index contributed by atoms with van der Waals surface area (Å²) in [4.78, 5) is 0. The molecule has 0 saturated carbocycles. The molecule has 3 heteroatoms. The van der Waals surface area contributed by atoms with E-state index in [1.807, 2.05) is 30.3 Å². The van der Waals surface area contributed by atoms with Crippen LogP contribution in [0.3, 0.4) is 0 Å². The lowest BCUT2D eigenvalue weighted by Crippen LogP contribution is -2.06. The third-order valence-electron chi connectivity index (χ3n) is 3.67. The van der Waals surface area contributed by atoms with Gasteiger partial charge in [-0.2, -0.15) is 13.2 Å². The monoisotopic (exact) mass is 274 g/mol. The Labute approximate surface area is 115 Å². The van der Waals surface area contributed by atoms with E-state index in [9.17, 15) is 13.2 Å². The number of hydrogen-bond donors (Lipinski definition) is 0. The number of allylic oxidation sites excluding steroid dienone is 2. The summed E-state index contributed by atoms with van der Waals surface area (Å²) in [6, 6.07) is 15.4. The Hall–Kier alpha value is -2.03. The Morgan fingerprint density at radius 2 is 1.15 bits per heavy atom. The Morgan fingerprint density at radius 1 is 0.650 bits per heavy atom. The van der Waals surface area contributed by atoms with E-state index in [1.165, 1.54) is 5.57 Å². The smallest absolute Gasteiger partial charge is 0.166 e. The fourth-order valence-corrected chi connectivity index (χ4v) is 2.51. The Balaban J connectivity index is 1.94. The van der Waals surface area contributed by atoms with Crippen LogP contribution < -0.4 is 0 Å². The molecule has 0 aliphatic heterocycles. The lowest BCUT2D eigenvalue weighted by atomic mass is 9.80. The average molecular weight is 274 g/mol. The first-order chi connectivity index (χ1) is 9.55. The molecule has 0 unspecified atom stereocenters. The molecular formula is C17H13F3. The van der Waals surface area contributed by atoms with E-state index in [2.05, 4.69) is 0 Å². The van der Waals surface area contributed by atoms with Crippen LogP contribution in [0, 0.1) is 0 Å². The number of halogens is 3. The second-order valence-corrected chi connectivity index (χ2v) is 4.90. The standard InChI is InChI=1S/C17H13F3/c18-17(19,20)14-8-6-13(7-9-14)16-11-10-15(16)12-4-2-1-3-5-12/h1-9H,10-11H2. The molecule has 0 heterocycles. The molecule has 2 aromatic carbocycles. The first kappa shape index (κ1) is 13.0. The summed E-state index contributed by atoms with van der Waals surface area (Å²) in [5, 5.41) is 0. The molecule has 0 aromatic heterocycles. The summed E-state index contributed by atoms with van der Waals surface area (Å²) in [6.07, 6.45) is -2.36. The van der Waals surface area contributed by atoms with Crippen molar-refractivity contribution in [2.45, 2.75) is 19.0 Å². The van der Waals surface area contributed by atoms with Crippen molar-refractivity contribution in [1.29, 1.82) is 0 Å². The zero-order valence-electron chi connectivity index (χ0n) is 10.7. The van der Waals surface area contributed by atoms with Crippen LogP contribution >= 0.6 is 0 Å². The van der Waals surface area contributed by atoms with Crippen LogP contribution in [0.25, 0.3) is 11.1 Å². The molecule has 1 aliphatic rings. The highest BCUT2D eigenvalue weighted by atomic mass is 19.4. The lowest BCUT2D eigenvalue weighted by Gasteiger charge is -2.25. The Bertz CT molecular complexity index is 634. The minimum atomic E-state index is -4.27. The molecular weight excluding hydrogens is 261 g/mol. The van der Waals surface area contributed by atoms with Crippen LogP contribution in [-0.4, -0.2) is 0 Å². The summed E-state index contributed by atoms with van der Waals surface area (Å²) < 4.78 is 37.6. The van der Waals surface area contributed by atoms with Crippen molar-refractivity contribution in [3.05, 3.63) is 71.3 Å². The highest BCUT2D eigenvalue weighted by Gasteiger charge is 2.30. The normalized spacial score (nSPS) is 15.2. The first-order valence-electron chi connectivity index (χ1n) is 6.51. The molecule has 0 bridgehead atoms. The highest BCUT2D eigenvalue weighted by Crippen LogP contribution is 2.42. The molecule has 0 nitrogen and oxygen atoms in total. The predicted octanol–water partition coefficient (Wildman–Crippen LogP) is 5.41. The molecule has 102 valence electrons. The summed E-state index contributed by atoms with van der Waals surface area (Å²) in [7, 11) is 0. The predicted molar refractivity (Wildman–Crippen MR) is 73.9 cm³/mol. The van der Waals surface area contributed by atoms with Gasteiger partial charge in [-0.05, 0) is 47.2 Å². The molecule has 0 saturated heterocycles. The lowest BCUT2D eigenvalue weighted by molar-refractivity contribution is -0.137. The van der Waals surface area contributed by atoms with Gasteiger partial charge in [0.05, 0.1) is 5.56 Å². The van der Waals surface area contributed by atoms with E-state index in [0.29, 0.717) is 0 Å². The quantitative estimate of drug-likeness (QED) is 0.686. The average Bonchev–Trinajstić information content (AvgIpc) is 2.38. The summed E-state index contributed by atoms with van der Waals surface area (Å²) in [5.74, 6) is 0. The fraction of sp³-hybridized carbons (Fsp3) is 0.176. The highest BCUT2D eigenvalue weighted by molar-refractivity contribution is 5.96. The number of rotatable bonds is 2. The zero-order valence-corrected chi connectivity index (χ0v) is 10.7. The Kier molecular flexibility index (Phi) is 3.13. The van der Waals surface area contributed by atoms with Gasteiger partial charge in [0.2, 0.25) is 0 Å². The molecule has 20 heavy (non-hydrogen) atoms. The van der Waals surface area contributed by atoms with Gasteiger partial charge >= 0.3 is 6.18 Å². The molecule has 0 atom stereocenters. The van der Waals surface area contributed by atoms with Gasteiger partial charge in [-0.25, -0.2) is 0 Å². The number of benzene rings is 2. The molecule has 0 N–H and O–H groups in total. The van der Waals surface area contributed by atoms with Crippen LogP contribution in [0.15, 0.2) is 54.6 Å². The molecule has 0 radical (unpaired) electrons. The van der Waals surface area contributed by atoms with E-state index in [4.69, 9.17) is 0 Å². The minimum Gasteiger partial charge on any atom is -0.166 e. The third-order valence-corrected chi connectivity index (χ3v) is 3.67. The largest absolute Gasteiger partial charge is 0.416 e. The SMILES string of the molecule is FC(F)(F)c1ccc(C2=C(c3ccccc3)CC2)cc1. The van der Waals surface area contributed by atoms with Crippen molar-refractivity contribution in [2.24, 2.45) is 0 Å². The maximum atomic E-state index is 12.5. The van der Waals surface area contributed by atoms with E-state index in [0.717, 1.165) is 41.7 Å². The molecule has 2 aromatic rings. The van der Waals surface area contributed by atoms with E-state index in [1.54, 1.807) is 12.1 Å². The van der Waals surface area contributed by atoms with Crippen molar-refractivity contribution in [3.8, 4) is 0 Å². The van der Waals surface area contributed by atoms with Crippen molar-refractivity contribution < 1.29 is 13.2 Å². The van der Waals surface area contributed by atoms with Gasteiger partial charge in [0, 0.05) is 0 Å². The third kappa shape index (κ3) is 2.36. The number of alkyl halides is 3. The maximum absolute atomic E-state index is 12.5. The van der Waals surface area contributed by atoms with Gasteiger partial charge in [0.15, 0.2) is 0 Å². The van der Waals surface area contributed by atoms with Crippen molar-refractivity contribution in [1.82, 2.24) is 0 Å². The molecule has 0 amide bonds. The van der Waals surface area contributed by atoms with Gasteiger partial charge in [-0.3, -0.25) is 0 Å². The van der Waals surface area contributed by atoms with Gasteiger partial charge in [-0.1, -0.05) is 42.5 Å². The van der Waals surface area contributed by atoms with Gasteiger partial charge < -0.3 is 0 Å². The molecule has 0 spiro atoms. The van der Waals surface area contributed by atoms with E-state index < -0.39 is 11.7 Å². The topological polar surface area (TPSA) is 0 Å². The summed E-state index contributed by atoms with van der Waals surface area (Å²) in [5.41, 5.74) is 3.86. The van der Waals surface area contributed by atoms with E-state index >= 15 is 0 Å². The van der Waals surface area contributed by atoms with Crippen LogP contribution in [0.2, 0.25) is 0 Å². The summed E-state index contributed by atoms with van der Waals surface area (Å²) in [6.45, 7) is 0. The minimum absolute atomic E-state index is 0.595. The van der Waals surface area contributed by atoms with Gasteiger partial charge in [-0.15, -0.1) is 0 Å². The fourth-order valence-electron chi connectivity index (χ4n) is 2.51. The van der Waals surface area contributed by atoms with Crippen LogP contribution in [0.1, 0.15) is 29.5 Å². The maximum Gasteiger partial charge on any atom is 0.416 e. The van der Waals surface area contributed by atoms with Crippen molar-refractivity contribution in [3.63, 3.8) is 0 Å².